The largest absolute Gasteiger partial charge is 0.446 e. The smallest absolute Gasteiger partial charge is 0.412 e. The summed E-state index contributed by atoms with van der Waals surface area (Å²) in [5.41, 5.74) is -0.384. The Morgan fingerprint density at radius 1 is 0.781 bits per heavy atom. The van der Waals surface area contributed by atoms with Crippen LogP contribution >= 0.6 is 0 Å². The number of hydrogen-bond acceptors (Lipinski definition) is 16. The molecule has 73 heavy (non-hydrogen) atoms. The molecule has 2 aromatic carbocycles. The van der Waals surface area contributed by atoms with Gasteiger partial charge in [-0.05, 0) is 122 Å². The minimum atomic E-state index is -2.02. The minimum Gasteiger partial charge on any atom is -0.446 e. The topological polar surface area (TPSA) is 250 Å². The van der Waals surface area contributed by atoms with Crippen molar-refractivity contribution in [3.05, 3.63) is 60.2 Å². The van der Waals surface area contributed by atoms with Crippen molar-refractivity contribution in [2.45, 2.75) is 165 Å². The number of ether oxygens (including phenoxy) is 8. The normalized spacial score (nSPS) is 45.1. The van der Waals surface area contributed by atoms with Gasteiger partial charge in [0.15, 0.2) is 24.5 Å². The minimum absolute atomic E-state index is 0.00495. The molecule has 402 valence electrons. The van der Waals surface area contributed by atoms with Gasteiger partial charge in [-0.25, -0.2) is 18.4 Å². The van der Waals surface area contributed by atoms with Gasteiger partial charge in [-0.2, -0.15) is 0 Å². The first-order chi connectivity index (χ1) is 34.8. The number of anilines is 2. The molecule has 7 N–H and O–H groups in total. The van der Waals surface area contributed by atoms with Crippen LogP contribution in [0, 0.1) is 63.9 Å². The zero-order chi connectivity index (χ0) is 51.7. The zero-order valence-electron chi connectivity index (χ0n) is 41.6. The van der Waals surface area contributed by atoms with Gasteiger partial charge in [0.05, 0.1) is 25.4 Å². The molecule has 2 aromatic rings. The van der Waals surface area contributed by atoms with E-state index in [4.69, 9.17) is 37.9 Å². The van der Waals surface area contributed by atoms with E-state index in [1.54, 1.807) is 0 Å². The number of amides is 2. The number of fused-ring (bicyclic) bond motifs is 7. The van der Waals surface area contributed by atoms with Gasteiger partial charge in [0, 0.05) is 36.1 Å². The van der Waals surface area contributed by atoms with Crippen molar-refractivity contribution in [3.8, 4) is 0 Å². The van der Waals surface area contributed by atoms with Crippen LogP contribution in [0.2, 0.25) is 0 Å². The van der Waals surface area contributed by atoms with Crippen LogP contribution in [0.1, 0.15) is 85.5 Å². The molecule has 18 nitrogen and oxygen atoms in total. The van der Waals surface area contributed by atoms with Crippen molar-refractivity contribution in [2.75, 3.05) is 30.5 Å². The Morgan fingerprint density at radius 2 is 1.44 bits per heavy atom. The van der Waals surface area contributed by atoms with Crippen molar-refractivity contribution < 1.29 is 86.6 Å². The zero-order valence-corrected chi connectivity index (χ0v) is 41.6. The molecule has 4 saturated carbocycles. The van der Waals surface area contributed by atoms with Gasteiger partial charge >= 0.3 is 12.2 Å². The van der Waals surface area contributed by atoms with Crippen LogP contribution < -0.4 is 10.6 Å². The van der Waals surface area contributed by atoms with Crippen LogP contribution in [-0.4, -0.2) is 143 Å². The highest BCUT2D eigenvalue weighted by molar-refractivity contribution is 5.86. The predicted molar refractivity (Wildman–Crippen MR) is 252 cm³/mol. The molecular formula is C53H70F2N2O16. The van der Waals surface area contributed by atoms with E-state index in [1.165, 1.54) is 30.3 Å². The molecule has 8 fully saturated rings. The molecule has 0 bridgehead atoms. The Labute approximate surface area is 422 Å². The molecule has 20 heteroatoms. The maximum atomic E-state index is 14.7. The summed E-state index contributed by atoms with van der Waals surface area (Å²) in [5.74, 6) is 0.126. The molecule has 4 aliphatic carbocycles. The van der Waals surface area contributed by atoms with Crippen molar-refractivity contribution >= 4 is 29.3 Å². The molecule has 22 atom stereocenters. The Kier molecular flexibility index (Phi) is 14.8. The number of rotatable bonds is 10. The number of halogens is 2. The van der Waals surface area contributed by atoms with Crippen LogP contribution in [0.4, 0.5) is 29.7 Å². The van der Waals surface area contributed by atoms with E-state index in [2.05, 4.69) is 38.3 Å². The summed E-state index contributed by atoms with van der Waals surface area (Å²) in [6.45, 7) is 8.28. The fourth-order valence-corrected chi connectivity index (χ4v) is 14.9. The van der Waals surface area contributed by atoms with Crippen molar-refractivity contribution in [1.29, 1.82) is 0 Å². The number of aliphatic hydroxyl groups excluding tert-OH is 5. The van der Waals surface area contributed by atoms with Crippen molar-refractivity contribution in [3.63, 3.8) is 0 Å². The second-order valence-corrected chi connectivity index (χ2v) is 22.8. The molecule has 2 amide bonds. The summed E-state index contributed by atoms with van der Waals surface area (Å²) >= 11 is 0. The second kappa shape index (κ2) is 20.5. The van der Waals surface area contributed by atoms with Gasteiger partial charge in [0.1, 0.15) is 66.8 Å². The first-order valence-corrected chi connectivity index (χ1v) is 26.0. The average Bonchev–Trinajstić information content (AvgIpc) is 3.79. The number of benzene rings is 2. The van der Waals surface area contributed by atoms with Gasteiger partial charge in [0.2, 0.25) is 0 Å². The fraction of sp³-hybridized carbons (Fsp3) is 0.717. The van der Waals surface area contributed by atoms with Gasteiger partial charge < -0.3 is 63.4 Å². The quantitative estimate of drug-likeness (QED) is 0.147. The van der Waals surface area contributed by atoms with Crippen LogP contribution in [0.5, 0.6) is 0 Å². The third kappa shape index (κ3) is 9.81. The van der Waals surface area contributed by atoms with E-state index in [1.807, 2.05) is 0 Å². The van der Waals surface area contributed by atoms with Crippen molar-refractivity contribution in [1.82, 2.24) is 0 Å². The summed E-state index contributed by atoms with van der Waals surface area (Å²) in [7, 11) is 0. The van der Waals surface area contributed by atoms with Crippen LogP contribution in [0.15, 0.2) is 48.5 Å². The Morgan fingerprint density at radius 3 is 2.10 bits per heavy atom. The molecule has 0 radical (unpaired) electrons. The summed E-state index contributed by atoms with van der Waals surface area (Å²) in [4.78, 5) is 40.4. The number of Topliss-reactive ketones (excluding diaryl/α,β-unsaturated/α-hetero) is 1. The maximum absolute atomic E-state index is 14.7. The molecule has 5 unspecified atom stereocenters. The predicted octanol–water partition coefficient (Wildman–Crippen LogP) is 5.41. The van der Waals surface area contributed by atoms with Gasteiger partial charge in [-0.1, -0.05) is 39.8 Å². The van der Waals surface area contributed by atoms with Crippen LogP contribution in [0.25, 0.3) is 0 Å². The fourth-order valence-electron chi connectivity index (χ4n) is 14.9. The van der Waals surface area contributed by atoms with Gasteiger partial charge in [-0.15, -0.1) is 0 Å². The van der Waals surface area contributed by atoms with E-state index in [0.29, 0.717) is 49.9 Å². The van der Waals surface area contributed by atoms with E-state index in [9.17, 15) is 48.7 Å². The summed E-state index contributed by atoms with van der Waals surface area (Å²) in [6.07, 6.45) is -12.7. The van der Waals surface area contributed by atoms with E-state index < -0.39 is 110 Å². The Hall–Kier alpha value is -3.93. The molecular weight excluding hydrogens is 959 g/mol. The summed E-state index contributed by atoms with van der Waals surface area (Å²) in [6, 6.07) is 9.80. The Bertz CT molecular complexity index is 2340. The number of nitrogens with one attached hydrogen (secondary N) is 2. The Balaban J connectivity index is 0.773. The monoisotopic (exact) mass is 1030 g/mol. The highest BCUT2D eigenvalue weighted by Gasteiger charge is 2.71. The number of carbonyl (C=O) groups excluding carboxylic acids is 3. The molecule has 4 saturated heterocycles. The lowest BCUT2D eigenvalue weighted by atomic mass is 9.44. The average molecular weight is 1030 g/mol. The lowest BCUT2D eigenvalue weighted by Gasteiger charge is -2.60. The standard InChI is InChI=1S/C53H70F2N2O16/c1-25-13-16-53(67-23-25)26(2)39-36(73-53)20-34-33-12-11-27-17-32(14-15-51(27,3)40(33)35(59)21-52(34,39)4)68-47-43(62)41(60)45(37(22-58)69-47)71-48-44(63)42(61)46(72-50(65)57-31-10-6-8-29(55)19-31)38(70-48)24-66-49(64)56-30-9-5-7-28(54)18-30/h5-10,18-19,25-27,32-34,36-48,58,60-63H,11-17,20-24H2,1-4H3,(H,56,64)(H,57,65)/t25-,26+,27+,32+,33?,34?,36?,37+,38+,39?,40?,41-,42-,43+,44+,45-,46-,47-,48+,51+,52+,53-/m1/s1. The highest BCUT2D eigenvalue weighted by Crippen LogP contribution is 2.70. The van der Waals surface area contributed by atoms with Gasteiger partial charge in [-0.3, -0.25) is 15.4 Å². The first kappa shape index (κ1) is 52.5. The van der Waals surface area contributed by atoms with E-state index in [-0.39, 0.29) is 57.9 Å². The first-order valence-electron chi connectivity index (χ1n) is 26.0. The SMILES string of the molecule is C[C@@H]1CC[C@@]2(OC1)OC1CC3C4CC[C@H]5C[C@@H](O[C@@H]6O[C@@H](CO)[C@@H](O[C@@H]7O[C@@H](COC(=O)Nc8cccc(F)c8)[C@@H](OC(=O)Nc8cccc(F)c8)[C@H](O)[C@@H]7O)[C@H](O)[C@@H]6O)CC[C@]5(C)C4C(=O)C[C@]3(C)C1[C@@H]2C. The molecule has 0 aromatic heterocycles. The highest BCUT2D eigenvalue weighted by atomic mass is 19.1. The maximum Gasteiger partial charge on any atom is 0.412 e. The van der Waals surface area contributed by atoms with Crippen LogP contribution in [-0.2, 0) is 42.7 Å². The van der Waals surface area contributed by atoms with Gasteiger partial charge in [0.25, 0.3) is 0 Å². The number of carbonyl (C=O) groups is 3. The second-order valence-electron chi connectivity index (χ2n) is 22.8. The molecule has 8 aliphatic rings. The molecule has 4 aliphatic heterocycles. The van der Waals surface area contributed by atoms with Crippen molar-refractivity contribution in [2.24, 2.45) is 52.3 Å². The van der Waals surface area contributed by atoms with E-state index in [0.717, 1.165) is 50.3 Å². The summed E-state index contributed by atoms with van der Waals surface area (Å²) in [5, 5.41) is 61.0. The summed E-state index contributed by atoms with van der Waals surface area (Å²) < 4.78 is 76.2. The lowest BCUT2D eigenvalue weighted by molar-refractivity contribution is -0.363. The van der Waals surface area contributed by atoms with Crippen LogP contribution in [0.3, 0.4) is 0 Å². The number of ketones is 1. The third-order valence-electron chi connectivity index (χ3n) is 18.4. The number of aliphatic hydroxyl groups is 5. The molecule has 10 rings (SSSR count). The van der Waals surface area contributed by atoms with E-state index >= 15 is 0 Å². The lowest BCUT2D eigenvalue weighted by Crippen LogP contribution is -2.65. The molecule has 1 spiro atoms. The molecule has 4 heterocycles. The third-order valence-corrected chi connectivity index (χ3v) is 18.4. The number of hydrogen-bond donors (Lipinski definition) is 7.